The quantitative estimate of drug-likeness (QED) is 0.929. The minimum Gasteiger partial charge on any atom is -0.493 e. The van der Waals surface area contributed by atoms with Gasteiger partial charge in [0.05, 0.1) is 6.61 Å². The van der Waals surface area contributed by atoms with E-state index in [1.54, 1.807) is 0 Å². The van der Waals surface area contributed by atoms with E-state index in [0.717, 1.165) is 37.8 Å². The third-order valence-electron chi connectivity index (χ3n) is 5.23. The van der Waals surface area contributed by atoms with Crippen LogP contribution in [0.4, 0.5) is 0 Å². The topological polar surface area (TPSA) is 38.5 Å². The van der Waals surface area contributed by atoms with Crippen LogP contribution in [0.25, 0.3) is 0 Å². The Morgan fingerprint density at radius 1 is 1.29 bits per heavy atom. The highest BCUT2D eigenvalue weighted by Crippen LogP contribution is 2.36. The van der Waals surface area contributed by atoms with Crippen LogP contribution in [0, 0.1) is 11.8 Å². The van der Waals surface area contributed by atoms with E-state index in [-0.39, 0.29) is 0 Å². The van der Waals surface area contributed by atoms with Crippen molar-refractivity contribution in [2.75, 3.05) is 26.2 Å². The normalized spacial score (nSPS) is 33.3. The maximum absolute atomic E-state index is 6.06. The molecule has 2 aliphatic heterocycles. The molecule has 3 rings (SSSR count). The van der Waals surface area contributed by atoms with E-state index in [0.29, 0.717) is 17.9 Å². The van der Waals surface area contributed by atoms with E-state index >= 15 is 0 Å². The number of likely N-dealkylation sites (tertiary alicyclic amines) is 1. The van der Waals surface area contributed by atoms with Gasteiger partial charge in [-0.15, -0.1) is 0 Å². The van der Waals surface area contributed by atoms with E-state index in [9.17, 15) is 0 Å². The van der Waals surface area contributed by atoms with Crippen LogP contribution in [0.2, 0.25) is 0 Å². The lowest BCUT2D eigenvalue weighted by atomic mass is 9.83. The number of fused-ring (bicyclic) bond motifs is 1. The lowest BCUT2D eigenvalue weighted by molar-refractivity contribution is 0.0630. The molecule has 0 spiro atoms. The van der Waals surface area contributed by atoms with Crippen molar-refractivity contribution in [3.63, 3.8) is 0 Å². The summed E-state index contributed by atoms with van der Waals surface area (Å²) in [7, 11) is 0. The summed E-state index contributed by atoms with van der Waals surface area (Å²) in [6, 6.07) is 9.06. The first-order valence-electron chi connectivity index (χ1n) is 8.35. The number of para-hydroxylation sites is 1. The van der Waals surface area contributed by atoms with Crippen molar-refractivity contribution in [3.8, 4) is 5.75 Å². The maximum atomic E-state index is 6.06. The lowest BCUT2D eigenvalue weighted by Crippen LogP contribution is -2.52. The molecule has 4 unspecified atom stereocenters. The summed E-state index contributed by atoms with van der Waals surface area (Å²) in [6.07, 6.45) is 2.43. The van der Waals surface area contributed by atoms with Crippen molar-refractivity contribution >= 4 is 0 Å². The second-order valence-corrected chi connectivity index (χ2v) is 6.95. The molecule has 1 aromatic rings. The molecule has 3 nitrogen and oxygen atoms in total. The first kappa shape index (κ1) is 14.9. The fourth-order valence-corrected chi connectivity index (χ4v) is 4.24. The molecule has 2 aliphatic rings. The second kappa shape index (κ2) is 6.37. The number of hydrogen-bond donors (Lipinski definition) is 1. The fraction of sp³-hybridized carbons (Fsp3) is 0.667. The largest absolute Gasteiger partial charge is 0.493 e. The van der Waals surface area contributed by atoms with Gasteiger partial charge >= 0.3 is 0 Å². The number of piperidine rings is 1. The van der Waals surface area contributed by atoms with Gasteiger partial charge in [-0.05, 0) is 36.3 Å². The zero-order valence-electron chi connectivity index (χ0n) is 13.3. The molecule has 1 fully saturated rings. The monoisotopic (exact) mass is 288 g/mol. The van der Waals surface area contributed by atoms with E-state index in [4.69, 9.17) is 10.5 Å². The first-order chi connectivity index (χ1) is 10.2. The Bertz CT molecular complexity index is 476. The number of benzene rings is 1. The average molecular weight is 288 g/mol. The van der Waals surface area contributed by atoms with Crippen molar-refractivity contribution in [3.05, 3.63) is 29.8 Å². The third-order valence-corrected chi connectivity index (χ3v) is 5.23. The Morgan fingerprint density at radius 3 is 2.90 bits per heavy atom. The zero-order valence-corrected chi connectivity index (χ0v) is 13.3. The summed E-state index contributed by atoms with van der Waals surface area (Å²) < 4.78 is 5.80. The van der Waals surface area contributed by atoms with Gasteiger partial charge in [0, 0.05) is 31.6 Å². The van der Waals surface area contributed by atoms with Crippen LogP contribution in [0.5, 0.6) is 5.75 Å². The Labute approximate surface area is 128 Å². The molecule has 0 radical (unpaired) electrons. The van der Waals surface area contributed by atoms with E-state index in [2.05, 4.69) is 43.0 Å². The van der Waals surface area contributed by atoms with Crippen molar-refractivity contribution in [2.24, 2.45) is 17.6 Å². The molecule has 116 valence electrons. The van der Waals surface area contributed by atoms with Crippen LogP contribution in [0.1, 0.15) is 38.2 Å². The summed E-state index contributed by atoms with van der Waals surface area (Å²) >= 11 is 0. The maximum Gasteiger partial charge on any atom is 0.122 e. The Kier molecular flexibility index (Phi) is 4.51. The van der Waals surface area contributed by atoms with E-state index < -0.39 is 0 Å². The molecular formula is C18H28N2O. The molecule has 0 bridgehead atoms. The van der Waals surface area contributed by atoms with Crippen LogP contribution in [-0.4, -0.2) is 37.2 Å². The van der Waals surface area contributed by atoms with Gasteiger partial charge in [-0.3, -0.25) is 4.90 Å². The van der Waals surface area contributed by atoms with Gasteiger partial charge in [0.2, 0.25) is 0 Å². The highest BCUT2D eigenvalue weighted by atomic mass is 16.5. The van der Waals surface area contributed by atoms with Gasteiger partial charge in [0.15, 0.2) is 0 Å². The van der Waals surface area contributed by atoms with Gasteiger partial charge in [-0.1, -0.05) is 32.0 Å². The third kappa shape index (κ3) is 3.09. The standard InChI is InChI=1S/C18H28N2O/c1-13-9-14(2)17(10-19)20(11-13)12-15-7-8-21-18-6-4-3-5-16(15)18/h3-6,13-15,17H,7-12,19H2,1-2H3. The molecule has 4 atom stereocenters. The summed E-state index contributed by atoms with van der Waals surface area (Å²) in [6.45, 7) is 8.65. The van der Waals surface area contributed by atoms with Gasteiger partial charge in [-0.2, -0.15) is 0 Å². The SMILES string of the molecule is CC1CC(C)C(CN)N(CC2CCOc3ccccc32)C1. The van der Waals surface area contributed by atoms with Gasteiger partial charge < -0.3 is 10.5 Å². The van der Waals surface area contributed by atoms with Crippen molar-refractivity contribution in [2.45, 2.75) is 38.6 Å². The van der Waals surface area contributed by atoms with Crippen molar-refractivity contribution in [1.82, 2.24) is 4.90 Å². The van der Waals surface area contributed by atoms with Crippen molar-refractivity contribution < 1.29 is 4.74 Å². The summed E-state index contributed by atoms with van der Waals surface area (Å²) in [5.41, 5.74) is 7.44. The zero-order chi connectivity index (χ0) is 14.8. The molecule has 3 heteroatoms. The second-order valence-electron chi connectivity index (χ2n) is 6.95. The number of hydrogen-bond acceptors (Lipinski definition) is 3. The Balaban J connectivity index is 1.76. The molecule has 0 saturated carbocycles. The number of ether oxygens (including phenoxy) is 1. The molecule has 1 aromatic carbocycles. The predicted molar refractivity (Wildman–Crippen MR) is 86.7 cm³/mol. The smallest absolute Gasteiger partial charge is 0.122 e. The predicted octanol–water partition coefficient (Wildman–Crippen LogP) is 2.86. The minimum atomic E-state index is 0.538. The molecule has 0 aromatic heterocycles. The molecule has 2 N–H and O–H groups in total. The Hall–Kier alpha value is -1.06. The van der Waals surface area contributed by atoms with Crippen LogP contribution >= 0.6 is 0 Å². The molecule has 2 heterocycles. The van der Waals surface area contributed by atoms with Crippen LogP contribution in [-0.2, 0) is 0 Å². The lowest BCUT2D eigenvalue weighted by Gasteiger charge is -2.44. The summed E-state index contributed by atoms with van der Waals surface area (Å²) in [5, 5.41) is 0. The molecular weight excluding hydrogens is 260 g/mol. The highest BCUT2D eigenvalue weighted by Gasteiger charge is 2.33. The number of nitrogens with two attached hydrogens (primary N) is 1. The molecule has 21 heavy (non-hydrogen) atoms. The average Bonchev–Trinajstić information content (AvgIpc) is 2.47. The summed E-state index contributed by atoms with van der Waals surface area (Å²) in [5.74, 6) is 3.14. The molecule has 1 saturated heterocycles. The highest BCUT2D eigenvalue weighted by molar-refractivity contribution is 5.38. The van der Waals surface area contributed by atoms with Gasteiger partial charge in [0.25, 0.3) is 0 Å². The summed E-state index contributed by atoms with van der Waals surface area (Å²) in [4.78, 5) is 2.64. The van der Waals surface area contributed by atoms with Crippen LogP contribution in [0.15, 0.2) is 24.3 Å². The van der Waals surface area contributed by atoms with Gasteiger partial charge in [-0.25, -0.2) is 0 Å². The molecule has 0 aliphatic carbocycles. The number of rotatable bonds is 3. The number of nitrogens with zero attached hydrogens (tertiary/aromatic N) is 1. The van der Waals surface area contributed by atoms with Crippen LogP contribution in [0.3, 0.4) is 0 Å². The van der Waals surface area contributed by atoms with E-state index in [1.165, 1.54) is 18.5 Å². The molecule has 0 amide bonds. The van der Waals surface area contributed by atoms with Crippen molar-refractivity contribution in [1.29, 1.82) is 0 Å². The van der Waals surface area contributed by atoms with E-state index in [1.807, 2.05) is 0 Å². The van der Waals surface area contributed by atoms with Crippen LogP contribution < -0.4 is 10.5 Å². The minimum absolute atomic E-state index is 0.538. The Morgan fingerprint density at radius 2 is 2.10 bits per heavy atom. The van der Waals surface area contributed by atoms with Gasteiger partial charge in [0.1, 0.15) is 5.75 Å². The first-order valence-corrected chi connectivity index (χ1v) is 8.35. The fourth-order valence-electron chi connectivity index (χ4n) is 4.24.